The molecular weight excluding hydrogens is 578 g/mol. The highest BCUT2D eigenvalue weighted by atomic mass is 35.5. The Morgan fingerprint density at radius 2 is 1.64 bits per heavy atom. The van der Waals surface area contributed by atoms with Crippen LogP contribution in [0.4, 0.5) is 18.9 Å². The molecule has 0 radical (unpaired) electrons. The normalized spacial score (nSPS) is 13.5. The number of anilines is 1. The number of rotatable bonds is 12. The molecule has 0 saturated heterocycles. The molecule has 2 amide bonds. The van der Waals surface area contributed by atoms with E-state index in [1.54, 1.807) is 25.1 Å². The summed E-state index contributed by atoms with van der Waals surface area (Å²) in [6.07, 6.45) is -3.30. The first-order chi connectivity index (χ1) is 18.1. The Bertz CT molecular complexity index is 1260. The minimum Gasteiger partial charge on any atom is -0.352 e. The van der Waals surface area contributed by atoms with Crippen molar-refractivity contribution in [1.82, 2.24) is 10.2 Å². The Hall–Kier alpha value is -2.50. The molecule has 0 aliphatic rings. The van der Waals surface area contributed by atoms with Gasteiger partial charge in [-0.25, -0.2) is 8.42 Å². The molecule has 0 saturated carbocycles. The fourth-order valence-electron chi connectivity index (χ4n) is 3.74. The van der Waals surface area contributed by atoms with Gasteiger partial charge >= 0.3 is 6.18 Å². The topological polar surface area (TPSA) is 86.8 Å². The summed E-state index contributed by atoms with van der Waals surface area (Å²) in [4.78, 5) is 27.6. The molecule has 2 aromatic rings. The molecule has 2 rings (SSSR count). The second-order valence-electron chi connectivity index (χ2n) is 9.20. The Morgan fingerprint density at radius 3 is 2.18 bits per heavy atom. The molecule has 7 nitrogen and oxygen atoms in total. The SMILES string of the molecule is CC[C@H](C)NC(=O)[C@@H](C)N(Cc1c(Cl)cccc1Cl)C(=O)CCCN(c1cccc(C(F)(F)F)c1)S(C)(=O)=O. The van der Waals surface area contributed by atoms with Crippen LogP contribution in [0.3, 0.4) is 0 Å². The highest BCUT2D eigenvalue weighted by molar-refractivity contribution is 7.92. The van der Waals surface area contributed by atoms with E-state index in [9.17, 15) is 31.2 Å². The van der Waals surface area contributed by atoms with Gasteiger partial charge in [0.25, 0.3) is 0 Å². The molecule has 1 N–H and O–H groups in total. The molecule has 0 bridgehead atoms. The van der Waals surface area contributed by atoms with Gasteiger partial charge in [-0.15, -0.1) is 0 Å². The number of nitrogens with one attached hydrogen (secondary N) is 1. The van der Waals surface area contributed by atoms with Crippen LogP contribution in [0.5, 0.6) is 0 Å². The molecule has 13 heteroatoms. The Labute approximate surface area is 237 Å². The lowest BCUT2D eigenvalue weighted by molar-refractivity contribution is -0.140. The summed E-state index contributed by atoms with van der Waals surface area (Å²) in [7, 11) is -3.96. The van der Waals surface area contributed by atoms with Crippen molar-refractivity contribution in [3.63, 3.8) is 0 Å². The average Bonchev–Trinajstić information content (AvgIpc) is 2.84. The van der Waals surface area contributed by atoms with Crippen LogP contribution in [0.1, 0.15) is 51.2 Å². The van der Waals surface area contributed by atoms with Crippen LogP contribution in [0.25, 0.3) is 0 Å². The zero-order chi connectivity index (χ0) is 29.5. The van der Waals surface area contributed by atoms with E-state index in [1.807, 2.05) is 13.8 Å². The smallest absolute Gasteiger partial charge is 0.352 e. The van der Waals surface area contributed by atoms with Crippen molar-refractivity contribution in [3.8, 4) is 0 Å². The first kappa shape index (κ1) is 32.7. The molecule has 0 spiro atoms. The van der Waals surface area contributed by atoms with E-state index >= 15 is 0 Å². The van der Waals surface area contributed by atoms with Gasteiger partial charge in [0.05, 0.1) is 17.5 Å². The standard InChI is InChI=1S/C26H32Cl2F3N3O4S/c1-5-17(2)32-25(36)18(3)33(16-21-22(27)11-7-12-23(21)28)24(35)13-8-14-34(39(4,37)38)20-10-6-9-19(15-20)26(29,30)31/h6-7,9-12,15,17-18H,5,8,13-14,16H2,1-4H3,(H,32,36)/t17-,18+/m0/s1. The number of benzene rings is 2. The van der Waals surface area contributed by atoms with Gasteiger partial charge in [-0.3, -0.25) is 13.9 Å². The van der Waals surface area contributed by atoms with Gasteiger partial charge in [0.2, 0.25) is 21.8 Å². The summed E-state index contributed by atoms with van der Waals surface area (Å²) >= 11 is 12.6. The second kappa shape index (κ2) is 13.7. The van der Waals surface area contributed by atoms with Gasteiger partial charge in [-0.2, -0.15) is 13.2 Å². The minimum atomic E-state index is -4.65. The van der Waals surface area contributed by atoms with Gasteiger partial charge in [0.1, 0.15) is 6.04 Å². The number of hydrogen-bond acceptors (Lipinski definition) is 4. The summed E-state index contributed by atoms with van der Waals surface area (Å²) in [5, 5.41) is 3.45. The number of amides is 2. The van der Waals surface area contributed by atoms with Crippen LogP contribution >= 0.6 is 23.2 Å². The first-order valence-corrected chi connectivity index (χ1v) is 14.8. The summed E-state index contributed by atoms with van der Waals surface area (Å²) in [5.41, 5.74) is -0.714. The molecule has 2 atom stereocenters. The second-order valence-corrected chi connectivity index (χ2v) is 11.9. The van der Waals surface area contributed by atoms with E-state index in [4.69, 9.17) is 23.2 Å². The van der Waals surface area contributed by atoms with E-state index in [2.05, 4.69) is 5.32 Å². The van der Waals surface area contributed by atoms with E-state index in [0.29, 0.717) is 22.0 Å². The van der Waals surface area contributed by atoms with Gasteiger partial charge in [-0.05, 0) is 57.0 Å². The molecule has 39 heavy (non-hydrogen) atoms. The van der Waals surface area contributed by atoms with Crippen LogP contribution in [0, 0.1) is 0 Å². The van der Waals surface area contributed by atoms with Crippen molar-refractivity contribution in [1.29, 1.82) is 0 Å². The number of sulfonamides is 1. The molecule has 0 heterocycles. The summed E-state index contributed by atoms with van der Waals surface area (Å²) in [5.74, 6) is -0.863. The quantitative estimate of drug-likeness (QED) is 0.325. The lowest BCUT2D eigenvalue weighted by atomic mass is 10.1. The van der Waals surface area contributed by atoms with E-state index < -0.39 is 33.7 Å². The van der Waals surface area contributed by atoms with Crippen molar-refractivity contribution in [2.45, 2.75) is 64.8 Å². The van der Waals surface area contributed by atoms with E-state index in [-0.39, 0.29) is 43.6 Å². The Kier molecular flexibility index (Phi) is 11.5. The highest BCUT2D eigenvalue weighted by Gasteiger charge is 2.32. The van der Waals surface area contributed by atoms with Crippen molar-refractivity contribution >= 4 is 50.7 Å². The number of carbonyl (C=O) groups is 2. The van der Waals surface area contributed by atoms with E-state index in [0.717, 1.165) is 28.8 Å². The summed E-state index contributed by atoms with van der Waals surface area (Å²) < 4.78 is 65.2. The molecule has 0 aliphatic heterocycles. The first-order valence-electron chi connectivity index (χ1n) is 12.2. The zero-order valence-corrected chi connectivity index (χ0v) is 24.4. The van der Waals surface area contributed by atoms with Crippen LogP contribution in [-0.2, 0) is 32.3 Å². The molecular formula is C26H32Cl2F3N3O4S. The van der Waals surface area contributed by atoms with Gasteiger partial charge in [-0.1, -0.05) is 42.3 Å². The minimum absolute atomic E-state index is 0.0192. The number of nitrogens with zero attached hydrogens (tertiary/aromatic N) is 2. The molecule has 0 aliphatic carbocycles. The number of hydrogen-bond donors (Lipinski definition) is 1. The fourth-order valence-corrected chi connectivity index (χ4v) is 5.22. The fraction of sp³-hybridized carbons (Fsp3) is 0.462. The zero-order valence-electron chi connectivity index (χ0n) is 22.1. The van der Waals surface area contributed by atoms with Crippen molar-refractivity contribution in [2.75, 3.05) is 17.1 Å². The molecule has 2 aromatic carbocycles. The van der Waals surface area contributed by atoms with Gasteiger partial charge in [0, 0.05) is 41.2 Å². The van der Waals surface area contributed by atoms with Crippen LogP contribution in [0.15, 0.2) is 42.5 Å². The number of alkyl halides is 3. The van der Waals surface area contributed by atoms with Gasteiger partial charge in [0.15, 0.2) is 0 Å². The summed E-state index contributed by atoms with van der Waals surface area (Å²) in [6, 6.07) is 7.78. The lowest BCUT2D eigenvalue weighted by Gasteiger charge is -2.30. The third-order valence-corrected chi connectivity index (χ3v) is 8.07. The number of halogens is 5. The maximum Gasteiger partial charge on any atom is 0.416 e. The molecule has 0 unspecified atom stereocenters. The predicted octanol–water partition coefficient (Wildman–Crippen LogP) is 5.89. The van der Waals surface area contributed by atoms with Crippen molar-refractivity contribution in [3.05, 3.63) is 63.6 Å². The Morgan fingerprint density at radius 1 is 1.05 bits per heavy atom. The molecule has 216 valence electrons. The van der Waals surface area contributed by atoms with Crippen molar-refractivity contribution in [2.24, 2.45) is 0 Å². The monoisotopic (exact) mass is 609 g/mol. The third-order valence-electron chi connectivity index (χ3n) is 6.17. The lowest BCUT2D eigenvalue weighted by Crippen LogP contribution is -2.49. The molecule has 0 aromatic heterocycles. The van der Waals surface area contributed by atoms with Crippen LogP contribution in [-0.4, -0.2) is 50.0 Å². The largest absolute Gasteiger partial charge is 0.416 e. The predicted molar refractivity (Wildman–Crippen MR) is 147 cm³/mol. The van der Waals surface area contributed by atoms with Crippen LogP contribution in [0.2, 0.25) is 10.0 Å². The molecule has 0 fully saturated rings. The summed E-state index contributed by atoms with van der Waals surface area (Å²) in [6.45, 7) is 4.97. The number of carbonyl (C=O) groups excluding carboxylic acids is 2. The van der Waals surface area contributed by atoms with E-state index in [1.165, 1.54) is 11.0 Å². The van der Waals surface area contributed by atoms with Gasteiger partial charge < -0.3 is 10.2 Å². The maximum atomic E-state index is 13.4. The highest BCUT2D eigenvalue weighted by Crippen LogP contribution is 2.32. The van der Waals surface area contributed by atoms with Crippen LogP contribution < -0.4 is 9.62 Å². The maximum absolute atomic E-state index is 13.4. The third kappa shape index (κ3) is 9.29. The average molecular weight is 611 g/mol. The van der Waals surface area contributed by atoms with Crippen molar-refractivity contribution < 1.29 is 31.2 Å². The Balaban J connectivity index is 2.27.